The molecule has 0 spiro atoms. The Labute approximate surface area is 122 Å². The summed E-state index contributed by atoms with van der Waals surface area (Å²) >= 11 is 0. The smallest absolute Gasteiger partial charge is 0.344 e. The van der Waals surface area contributed by atoms with Gasteiger partial charge in [0.2, 0.25) is 0 Å². The van der Waals surface area contributed by atoms with Crippen molar-refractivity contribution in [1.82, 2.24) is 0 Å². The summed E-state index contributed by atoms with van der Waals surface area (Å²) in [6, 6.07) is 4.47. The molecular formula is C14H19NO6. The van der Waals surface area contributed by atoms with E-state index in [4.69, 9.17) is 25.1 Å². The number of nitrogens with two attached hydrogens (primary N) is 1. The Morgan fingerprint density at radius 2 is 1.76 bits per heavy atom. The van der Waals surface area contributed by atoms with Gasteiger partial charge in [-0.05, 0) is 32.9 Å². The highest BCUT2D eigenvalue weighted by Crippen LogP contribution is 2.29. The number of aliphatic carboxylic acids is 1. The summed E-state index contributed by atoms with van der Waals surface area (Å²) in [7, 11) is 0. The molecule has 0 fully saturated rings. The largest absolute Gasteiger partial charge is 0.479 e. The Morgan fingerprint density at radius 1 is 1.14 bits per heavy atom. The van der Waals surface area contributed by atoms with Crippen LogP contribution in [0.15, 0.2) is 18.2 Å². The summed E-state index contributed by atoms with van der Waals surface area (Å²) in [5, 5.41) is 8.61. The quantitative estimate of drug-likeness (QED) is 0.604. The second-order valence-electron chi connectivity index (χ2n) is 5.26. The van der Waals surface area contributed by atoms with Gasteiger partial charge in [0.1, 0.15) is 5.60 Å². The number of carbonyl (C=O) groups excluding carboxylic acids is 1. The first-order valence-electron chi connectivity index (χ1n) is 6.26. The zero-order valence-corrected chi connectivity index (χ0v) is 12.2. The lowest BCUT2D eigenvalue weighted by Crippen LogP contribution is -2.27. The number of nitrogen functional groups attached to an aromatic ring is 1. The third kappa shape index (κ3) is 6.51. The summed E-state index contributed by atoms with van der Waals surface area (Å²) in [6.07, 6.45) is 0. The van der Waals surface area contributed by atoms with E-state index >= 15 is 0 Å². The predicted molar refractivity (Wildman–Crippen MR) is 75.3 cm³/mol. The summed E-state index contributed by atoms with van der Waals surface area (Å²) in [5.74, 6) is -1.30. The van der Waals surface area contributed by atoms with Crippen molar-refractivity contribution in [2.75, 3.05) is 18.9 Å². The van der Waals surface area contributed by atoms with Gasteiger partial charge < -0.3 is 25.1 Å². The number of ether oxygens (including phenoxy) is 3. The van der Waals surface area contributed by atoms with E-state index in [-0.39, 0.29) is 18.1 Å². The lowest BCUT2D eigenvalue weighted by Gasteiger charge is -2.19. The van der Waals surface area contributed by atoms with Crippen LogP contribution in [0.3, 0.4) is 0 Å². The van der Waals surface area contributed by atoms with Crippen molar-refractivity contribution in [1.29, 1.82) is 0 Å². The van der Waals surface area contributed by atoms with Gasteiger partial charge in [-0.1, -0.05) is 0 Å². The standard InChI is InChI=1S/C14H19NO6/c1-14(2,3)21-13(18)8-20-10-5-4-9(15)6-11(10)19-7-12(16)17/h4-6H,7-8,15H2,1-3H3,(H,16,17). The monoisotopic (exact) mass is 297 g/mol. The molecule has 0 amide bonds. The molecule has 0 aromatic heterocycles. The second kappa shape index (κ2) is 6.83. The SMILES string of the molecule is CC(C)(C)OC(=O)COc1ccc(N)cc1OCC(=O)O. The van der Waals surface area contributed by atoms with Gasteiger partial charge in [-0.2, -0.15) is 0 Å². The maximum atomic E-state index is 11.6. The van der Waals surface area contributed by atoms with Crippen LogP contribution >= 0.6 is 0 Å². The third-order valence-corrected chi connectivity index (χ3v) is 2.08. The molecule has 0 aliphatic heterocycles. The Balaban J connectivity index is 2.69. The molecule has 0 aliphatic rings. The van der Waals surface area contributed by atoms with Gasteiger partial charge in [-0.25, -0.2) is 9.59 Å². The molecule has 1 aromatic carbocycles. The molecule has 0 saturated heterocycles. The van der Waals surface area contributed by atoms with E-state index in [1.807, 2.05) is 0 Å². The van der Waals surface area contributed by atoms with Crippen LogP contribution in [0.25, 0.3) is 0 Å². The molecule has 0 saturated carbocycles. The predicted octanol–water partition coefficient (Wildman–Crippen LogP) is 1.45. The number of carboxylic acid groups (broad SMARTS) is 1. The molecule has 21 heavy (non-hydrogen) atoms. The van der Waals surface area contributed by atoms with E-state index in [2.05, 4.69) is 0 Å². The van der Waals surface area contributed by atoms with Crippen LogP contribution in [-0.2, 0) is 14.3 Å². The first-order valence-corrected chi connectivity index (χ1v) is 6.26. The molecule has 0 bridgehead atoms. The minimum atomic E-state index is -1.13. The fraction of sp³-hybridized carbons (Fsp3) is 0.429. The van der Waals surface area contributed by atoms with E-state index in [1.54, 1.807) is 26.8 Å². The van der Waals surface area contributed by atoms with Gasteiger partial charge in [0, 0.05) is 11.8 Å². The van der Waals surface area contributed by atoms with Crippen LogP contribution in [0, 0.1) is 0 Å². The van der Waals surface area contributed by atoms with Crippen molar-refractivity contribution in [2.24, 2.45) is 0 Å². The molecule has 116 valence electrons. The zero-order valence-electron chi connectivity index (χ0n) is 12.2. The number of esters is 1. The highest BCUT2D eigenvalue weighted by molar-refractivity contribution is 5.72. The Morgan fingerprint density at radius 3 is 2.33 bits per heavy atom. The summed E-state index contributed by atoms with van der Waals surface area (Å²) in [6.45, 7) is 4.39. The van der Waals surface area contributed by atoms with Crippen molar-refractivity contribution < 1.29 is 28.9 Å². The maximum absolute atomic E-state index is 11.6. The first kappa shape index (κ1) is 16.6. The zero-order chi connectivity index (χ0) is 16.0. The van der Waals surface area contributed by atoms with Crippen molar-refractivity contribution in [3.63, 3.8) is 0 Å². The number of carbonyl (C=O) groups is 2. The van der Waals surface area contributed by atoms with Crippen molar-refractivity contribution in [3.05, 3.63) is 18.2 Å². The van der Waals surface area contributed by atoms with E-state index in [1.165, 1.54) is 12.1 Å². The van der Waals surface area contributed by atoms with Gasteiger partial charge in [-0.15, -0.1) is 0 Å². The first-order chi connectivity index (χ1) is 9.67. The van der Waals surface area contributed by atoms with Gasteiger partial charge in [0.05, 0.1) is 0 Å². The molecule has 7 nitrogen and oxygen atoms in total. The highest BCUT2D eigenvalue weighted by Gasteiger charge is 2.17. The van der Waals surface area contributed by atoms with E-state index in [0.29, 0.717) is 5.69 Å². The minimum Gasteiger partial charge on any atom is -0.479 e. The van der Waals surface area contributed by atoms with Crippen LogP contribution in [0.1, 0.15) is 20.8 Å². The number of rotatable bonds is 6. The molecule has 0 heterocycles. The molecule has 0 atom stereocenters. The molecule has 0 radical (unpaired) electrons. The molecule has 1 aromatic rings. The van der Waals surface area contributed by atoms with Crippen molar-refractivity contribution >= 4 is 17.6 Å². The fourth-order valence-corrected chi connectivity index (χ4v) is 1.40. The molecule has 7 heteroatoms. The van der Waals surface area contributed by atoms with Crippen LogP contribution in [0.5, 0.6) is 11.5 Å². The highest BCUT2D eigenvalue weighted by atomic mass is 16.6. The number of hydrogen-bond acceptors (Lipinski definition) is 6. The van der Waals surface area contributed by atoms with Gasteiger partial charge in [0.15, 0.2) is 24.7 Å². The van der Waals surface area contributed by atoms with Crippen LogP contribution in [0.4, 0.5) is 5.69 Å². The van der Waals surface area contributed by atoms with Crippen LogP contribution in [0.2, 0.25) is 0 Å². The number of anilines is 1. The minimum absolute atomic E-state index is 0.154. The van der Waals surface area contributed by atoms with Crippen molar-refractivity contribution in [2.45, 2.75) is 26.4 Å². The normalized spacial score (nSPS) is 10.8. The Bertz CT molecular complexity index is 521. The molecule has 3 N–H and O–H groups in total. The summed E-state index contributed by atoms with van der Waals surface area (Å²) in [5.41, 5.74) is 5.38. The second-order valence-corrected chi connectivity index (χ2v) is 5.26. The number of hydrogen-bond donors (Lipinski definition) is 2. The van der Waals surface area contributed by atoms with Crippen LogP contribution in [-0.4, -0.2) is 35.9 Å². The van der Waals surface area contributed by atoms with Crippen LogP contribution < -0.4 is 15.2 Å². The Hall–Kier alpha value is -2.44. The van der Waals surface area contributed by atoms with E-state index < -0.39 is 24.1 Å². The van der Waals surface area contributed by atoms with E-state index in [0.717, 1.165) is 0 Å². The topological polar surface area (TPSA) is 108 Å². The van der Waals surface area contributed by atoms with E-state index in [9.17, 15) is 9.59 Å². The maximum Gasteiger partial charge on any atom is 0.344 e. The average Bonchev–Trinajstić information content (AvgIpc) is 2.33. The summed E-state index contributed by atoms with van der Waals surface area (Å²) in [4.78, 5) is 22.1. The lowest BCUT2D eigenvalue weighted by atomic mass is 10.2. The lowest BCUT2D eigenvalue weighted by molar-refractivity contribution is -0.157. The van der Waals surface area contributed by atoms with Gasteiger partial charge in [-0.3, -0.25) is 0 Å². The van der Waals surface area contributed by atoms with Crippen molar-refractivity contribution in [3.8, 4) is 11.5 Å². The Kier molecular flexibility index (Phi) is 5.40. The average molecular weight is 297 g/mol. The number of carboxylic acids is 1. The molecule has 0 aliphatic carbocycles. The third-order valence-electron chi connectivity index (χ3n) is 2.08. The fourth-order valence-electron chi connectivity index (χ4n) is 1.40. The molecular weight excluding hydrogens is 278 g/mol. The van der Waals surface area contributed by atoms with Gasteiger partial charge in [0.25, 0.3) is 0 Å². The summed E-state index contributed by atoms with van der Waals surface area (Å²) < 4.78 is 15.4. The van der Waals surface area contributed by atoms with Gasteiger partial charge >= 0.3 is 11.9 Å². The molecule has 1 rings (SSSR count). The molecule has 0 unspecified atom stereocenters. The number of benzene rings is 1.